The van der Waals surface area contributed by atoms with Crippen LogP contribution < -0.4 is 16.0 Å². The molecule has 7 heteroatoms. The molecule has 1 aliphatic rings. The smallest absolute Gasteiger partial charge is 0.319 e. The van der Waals surface area contributed by atoms with Crippen LogP contribution in [0.4, 0.5) is 10.5 Å². The van der Waals surface area contributed by atoms with Crippen molar-refractivity contribution in [1.29, 1.82) is 0 Å². The highest BCUT2D eigenvalue weighted by molar-refractivity contribution is 5.96. The largest absolute Gasteiger partial charge is 0.352 e. The Labute approximate surface area is 156 Å². The molecule has 0 spiro atoms. The van der Waals surface area contributed by atoms with E-state index in [1.807, 2.05) is 6.92 Å². The van der Waals surface area contributed by atoms with Crippen molar-refractivity contribution in [3.63, 3.8) is 0 Å². The van der Waals surface area contributed by atoms with E-state index in [0.29, 0.717) is 30.4 Å². The zero-order chi connectivity index (χ0) is 18.9. The maximum Gasteiger partial charge on any atom is 0.319 e. The molecule has 0 bridgehead atoms. The summed E-state index contributed by atoms with van der Waals surface area (Å²) in [5, 5.41) is 8.43. The molecule has 1 atom stereocenters. The molecule has 0 saturated carbocycles. The lowest BCUT2D eigenvalue weighted by molar-refractivity contribution is 0.0956. The van der Waals surface area contributed by atoms with Gasteiger partial charge in [0.15, 0.2) is 0 Å². The molecule has 2 rings (SSSR count). The average molecular weight is 361 g/mol. The van der Waals surface area contributed by atoms with Crippen LogP contribution in [0.15, 0.2) is 24.3 Å². The summed E-state index contributed by atoms with van der Waals surface area (Å²) in [5.74, 6) is -0.141. The summed E-state index contributed by atoms with van der Waals surface area (Å²) in [6.07, 6.45) is 0.913. The molecule has 1 aromatic carbocycles. The number of nitrogens with zero attached hydrogens (tertiary/aromatic N) is 2. The second-order valence-corrected chi connectivity index (χ2v) is 6.80. The van der Waals surface area contributed by atoms with E-state index in [-0.39, 0.29) is 11.9 Å². The molecule has 7 nitrogen and oxygen atoms in total. The number of carbonyl (C=O) groups excluding carboxylic acids is 2. The summed E-state index contributed by atoms with van der Waals surface area (Å²) >= 11 is 0. The van der Waals surface area contributed by atoms with E-state index < -0.39 is 0 Å². The van der Waals surface area contributed by atoms with Crippen molar-refractivity contribution in [1.82, 2.24) is 20.4 Å². The number of nitrogens with one attached hydrogen (secondary N) is 3. The minimum absolute atomic E-state index is 0.141. The molecule has 3 amide bonds. The molecule has 0 aromatic heterocycles. The molecule has 0 aliphatic carbocycles. The molecule has 26 heavy (non-hydrogen) atoms. The van der Waals surface area contributed by atoms with Crippen molar-refractivity contribution in [2.45, 2.75) is 26.3 Å². The van der Waals surface area contributed by atoms with Gasteiger partial charge in [-0.05, 0) is 45.5 Å². The number of likely N-dealkylation sites (N-methyl/N-ethyl adjacent to an activating group) is 1. The zero-order valence-electron chi connectivity index (χ0n) is 16.0. The van der Waals surface area contributed by atoms with E-state index in [1.54, 1.807) is 24.3 Å². The van der Waals surface area contributed by atoms with Gasteiger partial charge in [-0.1, -0.05) is 6.07 Å². The van der Waals surface area contributed by atoms with Gasteiger partial charge in [0.1, 0.15) is 0 Å². The molecule has 1 aliphatic heterocycles. The van der Waals surface area contributed by atoms with Gasteiger partial charge in [-0.15, -0.1) is 0 Å². The lowest BCUT2D eigenvalue weighted by atomic mass is 10.1. The highest BCUT2D eigenvalue weighted by Gasteiger charge is 2.18. The molecule has 3 N–H and O–H groups in total. The fourth-order valence-electron chi connectivity index (χ4n) is 3.02. The van der Waals surface area contributed by atoms with E-state index in [4.69, 9.17) is 0 Å². The first-order valence-electron chi connectivity index (χ1n) is 9.35. The topological polar surface area (TPSA) is 76.7 Å². The highest BCUT2D eigenvalue weighted by atomic mass is 16.2. The monoisotopic (exact) mass is 361 g/mol. The summed E-state index contributed by atoms with van der Waals surface area (Å²) in [6.45, 7) is 9.63. The van der Waals surface area contributed by atoms with Gasteiger partial charge in [0, 0.05) is 56.6 Å². The van der Waals surface area contributed by atoms with Gasteiger partial charge >= 0.3 is 6.03 Å². The summed E-state index contributed by atoms with van der Waals surface area (Å²) < 4.78 is 0. The minimum Gasteiger partial charge on any atom is -0.352 e. The van der Waals surface area contributed by atoms with E-state index in [2.05, 4.69) is 39.7 Å². The van der Waals surface area contributed by atoms with Crippen LogP contribution in [0.3, 0.4) is 0 Å². The van der Waals surface area contributed by atoms with Crippen LogP contribution in [-0.2, 0) is 0 Å². The third-order valence-corrected chi connectivity index (χ3v) is 4.73. The third kappa shape index (κ3) is 6.31. The van der Waals surface area contributed by atoms with Crippen molar-refractivity contribution in [2.75, 3.05) is 51.6 Å². The van der Waals surface area contributed by atoms with Gasteiger partial charge < -0.3 is 20.9 Å². The third-order valence-electron chi connectivity index (χ3n) is 4.73. The van der Waals surface area contributed by atoms with Gasteiger partial charge in [0.2, 0.25) is 0 Å². The number of hydrogen-bond donors (Lipinski definition) is 3. The summed E-state index contributed by atoms with van der Waals surface area (Å²) in [5.41, 5.74) is 1.15. The predicted molar refractivity (Wildman–Crippen MR) is 105 cm³/mol. The van der Waals surface area contributed by atoms with Crippen LogP contribution in [0.5, 0.6) is 0 Å². The Bertz CT molecular complexity index is 599. The lowest BCUT2D eigenvalue weighted by Crippen LogP contribution is -2.48. The van der Waals surface area contributed by atoms with Crippen molar-refractivity contribution in [3.05, 3.63) is 29.8 Å². The first-order chi connectivity index (χ1) is 12.5. The first kappa shape index (κ1) is 20.2. The standard InChI is InChI=1S/C19H31N5O2/c1-4-20-18(25)16-6-5-7-17(14-16)22-19(26)21-9-8-15(2)24-12-10-23(3)11-13-24/h5-7,14-15H,4,8-13H2,1-3H3,(H,20,25)(H2,21,22,26). The van der Waals surface area contributed by atoms with Gasteiger partial charge in [-0.2, -0.15) is 0 Å². The Morgan fingerprint density at radius 2 is 1.88 bits per heavy atom. The van der Waals surface area contributed by atoms with E-state index in [1.165, 1.54) is 0 Å². The summed E-state index contributed by atoms with van der Waals surface area (Å²) in [6, 6.07) is 7.14. The Hall–Kier alpha value is -2.12. The molecule has 1 saturated heterocycles. The van der Waals surface area contributed by atoms with Crippen LogP contribution in [-0.4, -0.2) is 74.1 Å². The Morgan fingerprint density at radius 3 is 2.58 bits per heavy atom. The normalized spacial score (nSPS) is 16.7. The fourth-order valence-corrected chi connectivity index (χ4v) is 3.02. The SMILES string of the molecule is CCNC(=O)c1cccc(NC(=O)NCCC(C)N2CCN(C)CC2)c1. The van der Waals surface area contributed by atoms with Crippen LogP contribution in [0.2, 0.25) is 0 Å². The molecule has 1 aromatic rings. The number of piperazine rings is 1. The van der Waals surface area contributed by atoms with Crippen molar-refractivity contribution in [2.24, 2.45) is 0 Å². The molecule has 0 radical (unpaired) electrons. The number of benzene rings is 1. The van der Waals surface area contributed by atoms with Crippen LogP contribution in [0, 0.1) is 0 Å². The maximum absolute atomic E-state index is 12.1. The average Bonchev–Trinajstić information content (AvgIpc) is 2.62. The van der Waals surface area contributed by atoms with Crippen molar-refractivity contribution in [3.8, 4) is 0 Å². The zero-order valence-corrected chi connectivity index (χ0v) is 16.0. The molecular formula is C19H31N5O2. The van der Waals surface area contributed by atoms with Gasteiger partial charge in [-0.3, -0.25) is 9.69 Å². The second kappa shape index (κ2) is 10.1. The Balaban J connectivity index is 1.73. The Morgan fingerprint density at radius 1 is 1.15 bits per heavy atom. The quantitative estimate of drug-likeness (QED) is 0.689. The number of rotatable bonds is 7. The van der Waals surface area contributed by atoms with Crippen LogP contribution in [0.1, 0.15) is 30.6 Å². The summed E-state index contributed by atoms with van der Waals surface area (Å²) in [4.78, 5) is 28.7. The lowest BCUT2D eigenvalue weighted by Gasteiger charge is -2.36. The maximum atomic E-state index is 12.1. The number of carbonyl (C=O) groups is 2. The van der Waals surface area contributed by atoms with Gasteiger partial charge in [-0.25, -0.2) is 4.79 Å². The number of amides is 3. The van der Waals surface area contributed by atoms with Gasteiger partial charge in [0.05, 0.1) is 0 Å². The van der Waals surface area contributed by atoms with E-state index in [9.17, 15) is 9.59 Å². The van der Waals surface area contributed by atoms with E-state index >= 15 is 0 Å². The minimum atomic E-state index is -0.247. The van der Waals surface area contributed by atoms with E-state index in [0.717, 1.165) is 32.6 Å². The van der Waals surface area contributed by atoms with Crippen LogP contribution >= 0.6 is 0 Å². The highest BCUT2D eigenvalue weighted by Crippen LogP contribution is 2.11. The van der Waals surface area contributed by atoms with Crippen LogP contribution in [0.25, 0.3) is 0 Å². The number of anilines is 1. The summed E-state index contributed by atoms with van der Waals surface area (Å²) in [7, 11) is 2.15. The second-order valence-electron chi connectivity index (χ2n) is 6.80. The van der Waals surface area contributed by atoms with Gasteiger partial charge in [0.25, 0.3) is 5.91 Å². The molecule has 1 fully saturated rings. The fraction of sp³-hybridized carbons (Fsp3) is 0.579. The molecule has 144 valence electrons. The molecule has 1 unspecified atom stereocenters. The van der Waals surface area contributed by atoms with Crippen molar-refractivity contribution < 1.29 is 9.59 Å². The Kier molecular flexibility index (Phi) is 7.87. The molecule has 1 heterocycles. The predicted octanol–water partition coefficient (Wildman–Crippen LogP) is 1.58. The first-order valence-corrected chi connectivity index (χ1v) is 9.35. The molecular weight excluding hydrogens is 330 g/mol. The van der Waals surface area contributed by atoms with Crippen molar-refractivity contribution >= 4 is 17.6 Å². The number of urea groups is 1. The number of hydrogen-bond acceptors (Lipinski definition) is 4.